The highest BCUT2D eigenvalue weighted by molar-refractivity contribution is 5.98. The SMILES string of the molecule is O=C(NCC1(O)CCC1)c1cccc(NC(=O)C2CC2)c1. The van der Waals surface area contributed by atoms with Crippen LogP contribution in [0.3, 0.4) is 0 Å². The molecule has 2 aliphatic carbocycles. The second-order valence-corrected chi connectivity index (χ2v) is 6.10. The van der Waals surface area contributed by atoms with E-state index in [4.69, 9.17) is 0 Å². The number of carbonyl (C=O) groups is 2. The van der Waals surface area contributed by atoms with Gasteiger partial charge < -0.3 is 15.7 Å². The van der Waals surface area contributed by atoms with Gasteiger partial charge >= 0.3 is 0 Å². The van der Waals surface area contributed by atoms with Crippen LogP contribution in [0.2, 0.25) is 0 Å². The minimum Gasteiger partial charge on any atom is -0.388 e. The normalized spacial score (nSPS) is 19.5. The zero-order valence-electron chi connectivity index (χ0n) is 11.9. The Morgan fingerprint density at radius 1 is 1.29 bits per heavy atom. The van der Waals surface area contributed by atoms with E-state index in [0.717, 1.165) is 32.1 Å². The lowest BCUT2D eigenvalue weighted by atomic mass is 9.80. The van der Waals surface area contributed by atoms with Crippen molar-refractivity contribution >= 4 is 17.5 Å². The Balaban J connectivity index is 1.58. The molecule has 2 aliphatic rings. The van der Waals surface area contributed by atoms with Gasteiger partial charge in [0.1, 0.15) is 0 Å². The van der Waals surface area contributed by atoms with Crippen LogP contribution in [-0.2, 0) is 4.79 Å². The molecule has 0 spiro atoms. The van der Waals surface area contributed by atoms with Gasteiger partial charge in [0.05, 0.1) is 5.60 Å². The molecular weight excluding hydrogens is 268 g/mol. The molecule has 0 saturated heterocycles. The van der Waals surface area contributed by atoms with Gasteiger partial charge in [0, 0.05) is 23.7 Å². The Morgan fingerprint density at radius 2 is 2.05 bits per heavy atom. The van der Waals surface area contributed by atoms with Gasteiger partial charge in [-0.3, -0.25) is 9.59 Å². The summed E-state index contributed by atoms with van der Waals surface area (Å²) in [5.41, 5.74) is 0.404. The van der Waals surface area contributed by atoms with E-state index in [1.54, 1.807) is 24.3 Å². The molecule has 0 aromatic heterocycles. The summed E-state index contributed by atoms with van der Waals surface area (Å²) in [5.74, 6) is -0.0653. The van der Waals surface area contributed by atoms with Crippen LogP contribution >= 0.6 is 0 Å². The molecule has 5 heteroatoms. The summed E-state index contributed by atoms with van der Waals surface area (Å²) in [6.45, 7) is 0.282. The van der Waals surface area contributed by atoms with Gasteiger partial charge in [0.25, 0.3) is 5.91 Å². The number of rotatable bonds is 5. The lowest BCUT2D eigenvalue weighted by Gasteiger charge is -2.36. The topological polar surface area (TPSA) is 78.4 Å². The lowest BCUT2D eigenvalue weighted by molar-refractivity contribution is -0.117. The molecule has 0 radical (unpaired) electrons. The molecule has 0 heterocycles. The number of benzene rings is 1. The molecule has 2 fully saturated rings. The monoisotopic (exact) mass is 288 g/mol. The van der Waals surface area contributed by atoms with E-state index in [1.807, 2.05) is 0 Å². The fourth-order valence-electron chi connectivity index (χ4n) is 2.44. The number of nitrogens with one attached hydrogen (secondary N) is 2. The molecule has 5 nitrogen and oxygen atoms in total. The fraction of sp³-hybridized carbons (Fsp3) is 0.500. The van der Waals surface area contributed by atoms with Crippen molar-refractivity contribution in [3.8, 4) is 0 Å². The maximum atomic E-state index is 12.1. The van der Waals surface area contributed by atoms with Crippen molar-refractivity contribution in [3.05, 3.63) is 29.8 Å². The Hall–Kier alpha value is -1.88. The van der Waals surface area contributed by atoms with Gasteiger partial charge in [-0.15, -0.1) is 0 Å². The Bertz CT molecular complexity index is 562. The summed E-state index contributed by atoms with van der Waals surface area (Å²) in [4.78, 5) is 23.8. The van der Waals surface area contributed by atoms with Crippen molar-refractivity contribution in [1.82, 2.24) is 5.32 Å². The predicted octanol–water partition coefficient (Wildman–Crippen LogP) is 1.68. The van der Waals surface area contributed by atoms with Crippen molar-refractivity contribution in [2.45, 2.75) is 37.7 Å². The summed E-state index contributed by atoms with van der Waals surface area (Å²) in [6.07, 6.45) is 4.39. The zero-order valence-corrected chi connectivity index (χ0v) is 11.9. The predicted molar refractivity (Wildman–Crippen MR) is 78.9 cm³/mol. The summed E-state index contributed by atoms with van der Waals surface area (Å²) < 4.78 is 0. The van der Waals surface area contributed by atoms with Crippen molar-refractivity contribution in [2.75, 3.05) is 11.9 Å². The summed E-state index contributed by atoms with van der Waals surface area (Å²) >= 11 is 0. The lowest BCUT2D eigenvalue weighted by Crippen LogP contribution is -2.47. The van der Waals surface area contributed by atoms with Crippen molar-refractivity contribution in [2.24, 2.45) is 5.92 Å². The van der Waals surface area contributed by atoms with Crippen LogP contribution in [0.5, 0.6) is 0 Å². The van der Waals surface area contributed by atoms with Crippen LogP contribution in [-0.4, -0.2) is 29.1 Å². The van der Waals surface area contributed by atoms with Crippen LogP contribution in [0, 0.1) is 5.92 Å². The quantitative estimate of drug-likeness (QED) is 0.771. The third-order valence-corrected chi connectivity index (χ3v) is 4.20. The summed E-state index contributed by atoms with van der Waals surface area (Å²) in [5, 5.41) is 15.6. The van der Waals surface area contributed by atoms with Crippen LogP contribution in [0.15, 0.2) is 24.3 Å². The molecule has 3 N–H and O–H groups in total. The maximum absolute atomic E-state index is 12.1. The second kappa shape index (κ2) is 5.48. The highest BCUT2D eigenvalue weighted by Gasteiger charge is 2.34. The van der Waals surface area contributed by atoms with Crippen LogP contribution in [0.25, 0.3) is 0 Å². The molecule has 0 aliphatic heterocycles. The van der Waals surface area contributed by atoms with Crippen molar-refractivity contribution < 1.29 is 14.7 Å². The largest absolute Gasteiger partial charge is 0.388 e. The maximum Gasteiger partial charge on any atom is 0.251 e. The summed E-state index contributed by atoms with van der Waals surface area (Å²) in [6, 6.07) is 6.89. The Labute approximate surface area is 123 Å². The highest BCUT2D eigenvalue weighted by atomic mass is 16.3. The van der Waals surface area contributed by atoms with Gasteiger partial charge in [-0.25, -0.2) is 0 Å². The number of carbonyl (C=O) groups excluding carboxylic acids is 2. The molecular formula is C16H20N2O3. The van der Waals surface area contributed by atoms with Crippen LogP contribution in [0.4, 0.5) is 5.69 Å². The molecule has 0 atom stereocenters. The van der Waals surface area contributed by atoms with E-state index in [-0.39, 0.29) is 24.3 Å². The average molecular weight is 288 g/mol. The van der Waals surface area contributed by atoms with E-state index in [9.17, 15) is 14.7 Å². The smallest absolute Gasteiger partial charge is 0.251 e. The van der Waals surface area contributed by atoms with Crippen LogP contribution < -0.4 is 10.6 Å². The molecule has 112 valence electrons. The van der Waals surface area contributed by atoms with Gasteiger partial charge in [-0.05, 0) is 50.3 Å². The number of anilines is 1. The van der Waals surface area contributed by atoms with E-state index in [0.29, 0.717) is 11.3 Å². The first-order valence-corrected chi connectivity index (χ1v) is 7.47. The van der Waals surface area contributed by atoms with Gasteiger partial charge in [-0.1, -0.05) is 6.07 Å². The van der Waals surface area contributed by atoms with Crippen LogP contribution in [0.1, 0.15) is 42.5 Å². The number of amides is 2. The molecule has 1 aromatic carbocycles. The average Bonchev–Trinajstić information content (AvgIpc) is 3.27. The molecule has 1 aromatic rings. The third kappa shape index (κ3) is 3.42. The molecule has 2 saturated carbocycles. The molecule has 0 bridgehead atoms. The van der Waals surface area contributed by atoms with E-state index < -0.39 is 5.60 Å². The number of aliphatic hydroxyl groups is 1. The van der Waals surface area contributed by atoms with Gasteiger partial charge in [0.2, 0.25) is 5.91 Å². The number of hydrogen-bond acceptors (Lipinski definition) is 3. The molecule has 3 rings (SSSR count). The van der Waals surface area contributed by atoms with Crippen molar-refractivity contribution in [3.63, 3.8) is 0 Å². The Morgan fingerprint density at radius 3 is 2.67 bits per heavy atom. The minimum atomic E-state index is -0.729. The number of hydrogen-bond donors (Lipinski definition) is 3. The summed E-state index contributed by atoms with van der Waals surface area (Å²) in [7, 11) is 0. The first-order chi connectivity index (χ1) is 10.1. The first-order valence-electron chi connectivity index (χ1n) is 7.47. The van der Waals surface area contributed by atoms with E-state index in [2.05, 4.69) is 10.6 Å². The van der Waals surface area contributed by atoms with Crippen molar-refractivity contribution in [1.29, 1.82) is 0 Å². The van der Waals surface area contributed by atoms with Gasteiger partial charge in [-0.2, -0.15) is 0 Å². The highest BCUT2D eigenvalue weighted by Crippen LogP contribution is 2.31. The first kappa shape index (κ1) is 14.1. The third-order valence-electron chi connectivity index (χ3n) is 4.20. The van der Waals surface area contributed by atoms with E-state index >= 15 is 0 Å². The zero-order chi connectivity index (χ0) is 14.9. The minimum absolute atomic E-state index is 0.0244. The molecule has 2 amide bonds. The Kier molecular flexibility index (Phi) is 3.68. The molecule has 0 unspecified atom stereocenters. The van der Waals surface area contributed by atoms with Gasteiger partial charge in [0.15, 0.2) is 0 Å². The fourth-order valence-corrected chi connectivity index (χ4v) is 2.44. The molecule has 21 heavy (non-hydrogen) atoms. The van der Waals surface area contributed by atoms with E-state index in [1.165, 1.54) is 0 Å². The standard InChI is InChI=1S/C16H20N2O3/c19-14(17-10-16(21)7-2-8-16)12-3-1-4-13(9-12)18-15(20)11-5-6-11/h1,3-4,9,11,21H,2,5-8,10H2,(H,17,19)(H,18,20). The second-order valence-electron chi connectivity index (χ2n) is 6.10.